The largest absolute Gasteiger partial charge is 0.458 e. The van der Waals surface area contributed by atoms with Gasteiger partial charge in [-0.3, -0.25) is 9.59 Å². The third kappa shape index (κ3) is 5.36. The molecule has 1 heterocycles. The minimum atomic E-state index is -1.12. The van der Waals surface area contributed by atoms with E-state index in [9.17, 15) is 14.7 Å². The van der Waals surface area contributed by atoms with Crippen LogP contribution in [0.1, 0.15) is 27.2 Å². The molecule has 0 spiro atoms. The van der Waals surface area contributed by atoms with E-state index in [1.165, 1.54) is 13.8 Å². The molecule has 1 saturated heterocycles. The average Bonchev–Trinajstić information content (AvgIpc) is 2.48. The molecule has 23 heavy (non-hydrogen) atoms. The highest BCUT2D eigenvalue weighted by molar-refractivity contribution is 5.67. The Morgan fingerprint density at radius 1 is 1.26 bits per heavy atom. The molecular weight excluding hydrogens is 310 g/mol. The van der Waals surface area contributed by atoms with Gasteiger partial charge in [0.1, 0.15) is 12.1 Å². The number of nitrogens with zero attached hydrogens (tertiary/aromatic N) is 3. The summed E-state index contributed by atoms with van der Waals surface area (Å²) in [6.45, 7) is 4.03. The molecule has 0 aromatic heterocycles. The Bertz CT molecular complexity index is 466. The first-order valence-electron chi connectivity index (χ1n) is 7.21. The minimum Gasteiger partial charge on any atom is -0.458 e. The van der Waals surface area contributed by atoms with Gasteiger partial charge >= 0.3 is 11.9 Å². The van der Waals surface area contributed by atoms with Gasteiger partial charge in [0, 0.05) is 25.4 Å². The number of esters is 2. The molecule has 1 aliphatic rings. The van der Waals surface area contributed by atoms with Crippen LogP contribution in [-0.4, -0.2) is 60.9 Å². The van der Waals surface area contributed by atoms with E-state index in [1.807, 2.05) is 6.92 Å². The first-order valence-corrected chi connectivity index (χ1v) is 7.21. The quantitative estimate of drug-likeness (QED) is 0.313. The van der Waals surface area contributed by atoms with E-state index in [4.69, 9.17) is 24.5 Å². The van der Waals surface area contributed by atoms with E-state index in [0.717, 1.165) is 0 Å². The predicted octanol–water partition coefficient (Wildman–Crippen LogP) is 0.672. The predicted molar refractivity (Wildman–Crippen MR) is 76.0 cm³/mol. The lowest BCUT2D eigenvalue weighted by atomic mass is 9.97. The van der Waals surface area contributed by atoms with Gasteiger partial charge in [-0.25, -0.2) is 0 Å². The highest BCUT2D eigenvalue weighted by Gasteiger charge is 2.49. The summed E-state index contributed by atoms with van der Waals surface area (Å²) in [7, 11) is 0. The summed E-state index contributed by atoms with van der Waals surface area (Å²) in [6.07, 6.45) is -3.56. The van der Waals surface area contributed by atoms with Crippen molar-refractivity contribution >= 4 is 11.9 Å². The van der Waals surface area contributed by atoms with Crippen molar-refractivity contribution < 1.29 is 33.6 Å². The third-order valence-electron chi connectivity index (χ3n) is 3.07. The van der Waals surface area contributed by atoms with Crippen LogP contribution in [0.4, 0.5) is 0 Å². The normalized spacial score (nSPS) is 30.2. The number of aliphatic hydroxyl groups is 1. The molecule has 0 aromatic rings. The van der Waals surface area contributed by atoms with Crippen LogP contribution < -0.4 is 0 Å². The monoisotopic (exact) mass is 331 g/mol. The summed E-state index contributed by atoms with van der Waals surface area (Å²) in [5.41, 5.74) is 8.75. The molecule has 10 heteroatoms. The lowest BCUT2D eigenvalue weighted by molar-refractivity contribution is -0.272. The summed E-state index contributed by atoms with van der Waals surface area (Å²) >= 11 is 0. The summed E-state index contributed by atoms with van der Waals surface area (Å²) < 4.78 is 21.2. The second-order valence-electron chi connectivity index (χ2n) is 4.94. The van der Waals surface area contributed by atoms with E-state index >= 15 is 0 Å². The van der Waals surface area contributed by atoms with Gasteiger partial charge in [-0.1, -0.05) is 12.0 Å². The van der Waals surface area contributed by atoms with Gasteiger partial charge < -0.3 is 24.1 Å². The van der Waals surface area contributed by atoms with Gasteiger partial charge in [0.15, 0.2) is 18.5 Å². The fourth-order valence-electron chi connectivity index (χ4n) is 2.25. The molecule has 0 bridgehead atoms. The number of azide groups is 1. The van der Waals surface area contributed by atoms with E-state index in [-0.39, 0.29) is 0 Å². The highest BCUT2D eigenvalue weighted by atomic mass is 16.7. The Balaban J connectivity index is 3.15. The SMILES string of the molecule is CCCO[C@@H]1OC(CO)[C@H](OC(C)=O)[C@H](OC(C)=O)C1N=[N+]=[N-]. The molecule has 10 nitrogen and oxygen atoms in total. The van der Waals surface area contributed by atoms with E-state index in [1.54, 1.807) is 0 Å². The van der Waals surface area contributed by atoms with Crippen molar-refractivity contribution in [3.8, 4) is 0 Å². The van der Waals surface area contributed by atoms with Gasteiger partial charge in [0.05, 0.1) is 6.61 Å². The average molecular weight is 331 g/mol. The Kier molecular flexibility index (Phi) is 7.76. The van der Waals surface area contributed by atoms with Gasteiger partial charge in [-0.05, 0) is 12.0 Å². The van der Waals surface area contributed by atoms with Crippen LogP contribution in [0.5, 0.6) is 0 Å². The molecular formula is C13H21N3O7. The van der Waals surface area contributed by atoms with Crippen molar-refractivity contribution in [3.63, 3.8) is 0 Å². The van der Waals surface area contributed by atoms with Crippen LogP contribution in [0.15, 0.2) is 5.11 Å². The molecule has 0 aliphatic carbocycles. The number of ether oxygens (including phenoxy) is 4. The van der Waals surface area contributed by atoms with Crippen molar-refractivity contribution in [2.24, 2.45) is 5.11 Å². The lowest BCUT2D eigenvalue weighted by Gasteiger charge is -2.43. The maximum atomic E-state index is 11.4. The van der Waals surface area contributed by atoms with E-state index in [2.05, 4.69) is 10.0 Å². The summed E-state index contributed by atoms with van der Waals surface area (Å²) in [5.74, 6) is -1.31. The number of rotatable bonds is 7. The molecule has 130 valence electrons. The zero-order chi connectivity index (χ0) is 17.4. The second kappa shape index (κ2) is 9.31. The first kappa shape index (κ1) is 19.2. The Hall–Kier alpha value is -1.87. The van der Waals surface area contributed by atoms with Crippen LogP contribution in [0.3, 0.4) is 0 Å². The van der Waals surface area contributed by atoms with Crippen molar-refractivity contribution in [2.75, 3.05) is 13.2 Å². The van der Waals surface area contributed by atoms with Crippen molar-refractivity contribution in [2.45, 2.75) is 57.8 Å². The summed E-state index contributed by atoms with van der Waals surface area (Å²) in [5, 5.41) is 13.0. The molecule has 0 radical (unpaired) electrons. The smallest absolute Gasteiger partial charge is 0.303 e. The summed E-state index contributed by atoms with van der Waals surface area (Å²) in [4.78, 5) is 25.4. The minimum absolute atomic E-state index is 0.311. The Morgan fingerprint density at radius 3 is 2.35 bits per heavy atom. The molecule has 5 atom stereocenters. The number of hydrogen-bond donors (Lipinski definition) is 1. The number of carbonyl (C=O) groups excluding carboxylic acids is 2. The molecule has 1 fully saturated rings. The maximum Gasteiger partial charge on any atom is 0.303 e. The fraction of sp³-hybridized carbons (Fsp3) is 0.846. The topological polar surface area (TPSA) is 140 Å². The highest BCUT2D eigenvalue weighted by Crippen LogP contribution is 2.29. The summed E-state index contributed by atoms with van der Waals surface area (Å²) in [6, 6.07) is -1.05. The first-order chi connectivity index (χ1) is 10.9. The fourth-order valence-corrected chi connectivity index (χ4v) is 2.25. The molecule has 0 amide bonds. The molecule has 0 aromatic carbocycles. The molecule has 1 aliphatic heterocycles. The number of carbonyl (C=O) groups is 2. The zero-order valence-corrected chi connectivity index (χ0v) is 13.2. The van der Waals surface area contributed by atoms with Crippen molar-refractivity contribution in [1.82, 2.24) is 0 Å². The molecule has 1 N–H and O–H groups in total. The Labute approximate surface area is 133 Å². The standard InChI is InChI=1S/C13H21N3O7/c1-4-5-20-13-10(15-16-14)12(22-8(3)19)11(21-7(2)18)9(6-17)23-13/h9-13,17H,4-6H2,1-3H3/t9?,10?,11-,12+,13+/m0/s1. The van der Waals surface area contributed by atoms with Crippen LogP contribution in [0.2, 0.25) is 0 Å². The Morgan fingerprint density at radius 2 is 1.87 bits per heavy atom. The second-order valence-corrected chi connectivity index (χ2v) is 4.94. The van der Waals surface area contributed by atoms with Crippen LogP contribution >= 0.6 is 0 Å². The van der Waals surface area contributed by atoms with Crippen LogP contribution in [0.25, 0.3) is 10.4 Å². The van der Waals surface area contributed by atoms with E-state index in [0.29, 0.717) is 13.0 Å². The maximum absolute atomic E-state index is 11.4. The van der Waals surface area contributed by atoms with Crippen molar-refractivity contribution in [3.05, 3.63) is 10.4 Å². The van der Waals surface area contributed by atoms with Crippen LogP contribution in [0, 0.1) is 0 Å². The lowest BCUT2D eigenvalue weighted by Crippen LogP contribution is -2.61. The number of aliphatic hydroxyl groups excluding tert-OH is 1. The third-order valence-corrected chi connectivity index (χ3v) is 3.07. The van der Waals surface area contributed by atoms with Gasteiger partial charge in [0.2, 0.25) is 0 Å². The molecule has 0 saturated carbocycles. The van der Waals surface area contributed by atoms with Crippen LogP contribution in [-0.2, 0) is 28.5 Å². The van der Waals surface area contributed by atoms with Crippen molar-refractivity contribution in [1.29, 1.82) is 0 Å². The zero-order valence-electron chi connectivity index (χ0n) is 13.2. The number of hydrogen-bond acceptors (Lipinski definition) is 8. The van der Waals surface area contributed by atoms with Gasteiger partial charge in [-0.2, -0.15) is 0 Å². The van der Waals surface area contributed by atoms with Gasteiger partial charge in [-0.15, -0.1) is 0 Å². The van der Waals surface area contributed by atoms with E-state index < -0.39 is 49.2 Å². The van der Waals surface area contributed by atoms with Gasteiger partial charge in [0.25, 0.3) is 0 Å². The molecule has 1 rings (SSSR count). The molecule has 2 unspecified atom stereocenters.